The van der Waals surface area contributed by atoms with Crippen LogP contribution in [-0.4, -0.2) is 24.9 Å². The zero-order valence-corrected chi connectivity index (χ0v) is 13.1. The van der Waals surface area contributed by atoms with Crippen molar-refractivity contribution in [2.45, 2.75) is 6.92 Å². The van der Waals surface area contributed by atoms with Gasteiger partial charge in [0.05, 0.1) is 16.3 Å². The van der Waals surface area contributed by atoms with Crippen molar-refractivity contribution in [1.82, 2.24) is 9.78 Å². The van der Waals surface area contributed by atoms with Gasteiger partial charge in [0.15, 0.2) is 5.69 Å². The first-order valence-electron chi connectivity index (χ1n) is 7.20. The Morgan fingerprint density at radius 3 is 2.52 bits per heavy atom. The highest BCUT2D eigenvalue weighted by Crippen LogP contribution is 2.36. The number of rotatable bonds is 4. The number of phenolic OH excluding ortho intramolecular Hbond substituents is 1. The van der Waals surface area contributed by atoms with Crippen LogP contribution in [0.2, 0.25) is 0 Å². The number of nitro benzene ring substituents is 1. The maximum atomic E-state index is 10.8. The summed E-state index contributed by atoms with van der Waals surface area (Å²) in [6.07, 6.45) is 0. The van der Waals surface area contributed by atoms with E-state index in [0.29, 0.717) is 11.4 Å². The minimum Gasteiger partial charge on any atom is -0.506 e. The molecule has 3 rings (SSSR count). The van der Waals surface area contributed by atoms with E-state index >= 15 is 0 Å². The molecule has 3 aromatic rings. The molecule has 0 saturated heterocycles. The number of azo groups is 1. The lowest BCUT2D eigenvalue weighted by Crippen LogP contribution is -1.94. The standard InChI is InChI=1S/C16H13N5O4/c1-10-15(16(23)20(19-10)11-5-3-2-4-6-11)18-17-13-9-12(21(24)25)7-8-14(13)22/h2-9,22-23H,1H3. The Balaban J connectivity index is 1.99. The number of nitrogens with zero attached hydrogens (tertiary/aromatic N) is 5. The van der Waals surface area contributed by atoms with Gasteiger partial charge in [0.25, 0.3) is 5.69 Å². The van der Waals surface area contributed by atoms with E-state index in [1.54, 1.807) is 31.2 Å². The molecule has 2 N–H and O–H groups in total. The largest absolute Gasteiger partial charge is 0.506 e. The molecule has 0 saturated carbocycles. The molecule has 0 unspecified atom stereocenters. The minimum atomic E-state index is -0.603. The third kappa shape index (κ3) is 3.15. The van der Waals surface area contributed by atoms with E-state index in [2.05, 4.69) is 15.3 Å². The van der Waals surface area contributed by atoms with Crippen molar-refractivity contribution in [3.05, 3.63) is 64.3 Å². The highest BCUT2D eigenvalue weighted by Gasteiger charge is 2.16. The van der Waals surface area contributed by atoms with Gasteiger partial charge >= 0.3 is 0 Å². The van der Waals surface area contributed by atoms with Crippen molar-refractivity contribution in [3.8, 4) is 17.3 Å². The van der Waals surface area contributed by atoms with E-state index in [4.69, 9.17) is 0 Å². The molecule has 0 atom stereocenters. The number of hydrogen-bond acceptors (Lipinski definition) is 7. The Morgan fingerprint density at radius 1 is 1.12 bits per heavy atom. The Bertz CT molecular complexity index is 966. The summed E-state index contributed by atoms with van der Waals surface area (Å²) in [4.78, 5) is 10.2. The third-order valence-electron chi connectivity index (χ3n) is 3.43. The van der Waals surface area contributed by atoms with Crippen molar-refractivity contribution >= 4 is 17.1 Å². The van der Waals surface area contributed by atoms with Gasteiger partial charge in [-0.3, -0.25) is 10.1 Å². The predicted molar refractivity (Wildman–Crippen MR) is 88.9 cm³/mol. The first kappa shape index (κ1) is 16.1. The molecule has 0 aliphatic heterocycles. The van der Waals surface area contributed by atoms with Crippen LogP contribution in [-0.2, 0) is 0 Å². The van der Waals surface area contributed by atoms with Gasteiger partial charge in [-0.25, -0.2) is 0 Å². The molecule has 0 fully saturated rings. The Kier molecular flexibility index (Phi) is 4.12. The lowest BCUT2D eigenvalue weighted by molar-refractivity contribution is -0.384. The quantitative estimate of drug-likeness (QED) is 0.423. The summed E-state index contributed by atoms with van der Waals surface area (Å²) >= 11 is 0. The molecule has 126 valence electrons. The van der Waals surface area contributed by atoms with E-state index < -0.39 is 4.92 Å². The molecular weight excluding hydrogens is 326 g/mol. The summed E-state index contributed by atoms with van der Waals surface area (Å²) < 4.78 is 1.30. The molecule has 0 aliphatic carbocycles. The molecule has 1 heterocycles. The second kappa shape index (κ2) is 6.40. The molecule has 9 nitrogen and oxygen atoms in total. The lowest BCUT2D eigenvalue weighted by Gasteiger charge is -2.01. The Hall–Kier alpha value is -3.75. The summed E-state index contributed by atoms with van der Waals surface area (Å²) in [7, 11) is 0. The normalized spacial score (nSPS) is 11.1. The molecule has 1 aromatic heterocycles. The summed E-state index contributed by atoms with van der Waals surface area (Å²) in [5, 5.41) is 42.8. The molecule has 0 amide bonds. The topological polar surface area (TPSA) is 126 Å². The number of aryl methyl sites for hydroxylation is 1. The number of hydrogen-bond donors (Lipinski definition) is 2. The molecule has 25 heavy (non-hydrogen) atoms. The fourth-order valence-corrected chi connectivity index (χ4v) is 2.18. The number of phenols is 1. The molecule has 2 aromatic carbocycles. The average Bonchev–Trinajstić information content (AvgIpc) is 2.89. The van der Waals surface area contributed by atoms with Crippen LogP contribution in [0.15, 0.2) is 58.8 Å². The smallest absolute Gasteiger partial charge is 0.271 e. The van der Waals surface area contributed by atoms with E-state index in [1.807, 2.05) is 6.07 Å². The van der Waals surface area contributed by atoms with Gasteiger partial charge in [0, 0.05) is 12.1 Å². The van der Waals surface area contributed by atoms with Crippen LogP contribution in [0.1, 0.15) is 5.69 Å². The number of para-hydroxylation sites is 1. The van der Waals surface area contributed by atoms with E-state index in [9.17, 15) is 20.3 Å². The van der Waals surface area contributed by atoms with Crippen LogP contribution < -0.4 is 0 Å². The van der Waals surface area contributed by atoms with Gasteiger partial charge in [0.1, 0.15) is 11.4 Å². The van der Waals surface area contributed by atoms with Crippen LogP contribution in [0.5, 0.6) is 11.6 Å². The third-order valence-corrected chi connectivity index (χ3v) is 3.43. The van der Waals surface area contributed by atoms with Crippen molar-refractivity contribution in [1.29, 1.82) is 0 Å². The monoisotopic (exact) mass is 339 g/mol. The van der Waals surface area contributed by atoms with Gasteiger partial charge in [-0.2, -0.15) is 9.78 Å². The maximum absolute atomic E-state index is 10.8. The number of non-ortho nitro benzene ring substituents is 1. The van der Waals surface area contributed by atoms with Crippen LogP contribution in [0, 0.1) is 17.0 Å². The fraction of sp³-hybridized carbons (Fsp3) is 0.0625. The van der Waals surface area contributed by atoms with Crippen molar-refractivity contribution in [2.75, 3.05) is 0 Å². The van der Waals surface area contributed by atoms with E-state index in [0.717, 1.165) is 18.2 Å². The summed E-state index contributed by atoms with van der Waals surface area (Å²) in [6.45, 7) is 1.64. The van der Waals surface area contributed by atoms with Crippen molar-refractivity contribution < 1.29 is 15.1 Å². The lowest BCUT2D eigenvalue weighted by atomic mass is 10.2. The van der Waals surface area contributed by atoms with Crippen LogP contribution >= 0.6 is 0 Å². The molecular formula is C16H13N5O4. The SMILES string of the molecule is Cc1nn(-c2ccccc2)c(O)c1N=Nc1cc([N+](=O)[O-])ccc1O. The van der Waals surface area contributed by atoms with Gasteiger partial charge in [-0.1, -0.05) is 18.2 Å². The first-order chi connectivity index (χ1) is 12.0. The number of nitro groups is 1. The Labute approximate surface area is 141 Å². The average molecular weight is 339 g/mol. The molecule has 0 aliphatic rings. The van der Waals surface area contributed by atoms with Gasteiger partial charge in [-0.05, 0) is 25.1 Å². The second-order valence-corrected chi connectivity index (χ2v) is 5.14. The zero-order chi connectivity index (χ0) is 18.0. The molecule has 0 bridgehead atoms. The molecule has 0 radical (unpaired) electrons. The summed E-state index contributed by atoms with van der Waals surface area (Å²) in [6, 6.07) is 12.4. The van der Waals surface area contributed by atoms with Crippen LogP contribution in [0.3, 0.4) is 0 Å². The number of aromatic hydroxyl groups is 2. The highest BCUT2D eigenvalue weighted by atomic mass is 16.6. The van der Waals surface area contributed by atoms with Gasteiger partial charge in [-0.15, -0.1) is 10.2 Å². The van der Waals surface area contributed by atoms with Crippen LogP contribution in [0.4, 0.5) is 17.1 Å². The zero-order valence-electron chi connectivity index (χ0n) is 13.1. The van der Waals surface area contributed by atoms with Crippen molar-refractivity contribution in [3.63, 3.8) is 0 Å². The number of benzene rings is 2. The fourth-order valence-electron chi connectivity index (χ4n) is 2.18. The summed E-state index contributed by atoms with van der Waals surface area (Å²) in [5.41, 5.74) is 0.848. The molecule has 9 heteroatoms. The second-order valence-electron chi connectivity index (χ2n) is 5.14. The first-order valence-corrected chi connectivity index (χ1v) is 7.20. The predicted octanol–water partition coefficient (Wildman–Crippen LogP) is 3.92. The van der Waals surface area contributed by atoms with Crippen LogP contribution in [0.25, 0.3) is 5.69 Å². The molecule has 0 spiro atoms. The van der Waals surface area contributed by atoms with Gasteiger partial charge < -0.3 is 10.2 Å². The van der Waals surface area contributed by atoms with Crippen molar-refractivity contribution in [2.24, 2.45) is 10.2 Å². The maximum Gasteiger partial charge on any atom is 0.271 e. The van der Waals surface area contributed by atoms with E-state index in [1.165, 1.54) is 4.68 Å². The highest BCUT2D eigenvalue weighted by molar-refractivity contribution is 5.58. The Morgan fingerprint density at radius 2 is 1.84 bits per heavy atom. The van der Waals surface area contributed by atoms with Gasteiger partial charge in [0.2, 0.25) is 5.88 Å². The minimum absolute atomic E-state index is 0.0829. The van der Waals surface area contributed by atoms with E-state index in [-0.39, 0.29) is 28.7 Å². The summed E-state index contributed by atoms with van der Waals surface area (Å²) in [5.74, 6) is -0.487. The number of aromatic nitrogens is 2.